The third-order valence-electron chi connectivity index (χ3n) is 6.54. The lowest BCUT2D eigenvalue weighted by Gasteiger charge is -2.34. The number of hydrogen-bond donors (Lipinski definition) is 2. The Morgan fingerprint density at radius 2 is 1.42 bits per heavy atom. The zero-order valence-corrected chi connectivity index (χ0v) is 21.5. The Bertz CT molecular complexity index is 1360. The van der Waals surface area contributed by atoms with E-state index in [4.69, 9.17) is 19.5 Å². The van der Waals surface area contributed by atoms with Crippen molar-refractivity contribution in [3.8, 4) is 0 Å². The number of benzene rings is 3. The normalized spacial score (nSPS) is 12.5. The van der Waals surface area contributed by atoms with Gasteiger partial charge in [0.25, 0.3) is 0 Å². The van der Waals surface area contributed by atoms with Crippen molar-refractivity contribution >= 4 is 17.0 Å². The molecule has 5 aromatic rings. The average molecular weight is 510 g/mol. The first-order chi connectivity index (χ1) is 18.7. The molecule has 1 atom stereocenters. The molecular weight excluding hydrogens is 478 g/mol. The first kappa shape index (κ1) is 25.5. The van der Waals surface area contributed by atoms with E-state index in [1.54, 1.807) is 6.33 Å². The molecule has 5 rings (SSSR count). The standard InChI is InChI=1S/C30H31N5O3/c1-3-38-20-25(36)19-35-21-31-26-27(34-37-2)32-29(33-28(26)35)30(22-13-7-4-8-14-22,23-15-9-5-10-16-23)24-17-11-6-12-18-24/h4-18,21,25,36H,3,19-20H2,1-2H3,(H,32,33,34)/t25-/m1/s1. The summed E-state index contributed by atoms with van der Waals surface area (Å²) in [6, 6.07) is 30.7. The number of rotatable bonds is 11. The monoisotopic (exact) mass is 509 g/mol. The second kappa shape index (κ2) is 11.5. The highest BCUT2D eigenvalue weighted by molar-refractivity contribution is 5.83. The van der Waals surface area contributed by atoms with E-state index < -0.39 is 11.5 Å². The Labute approximate surface area is 221 Å². The fraction of sp³-hybridized carbons (Fsp3) is 0.233. The predicted octanol–water partition coefficient (Wildman–Crippen LogP) is 4.58. The van der Waals surface area contributed by atoms with Crippen LogP contribution in [0.25, 0.3) is 11.2 Å². The summed E-state index contributed by atoms with van der Waals surface area (Å²) < 4.78 is 7.25. The van der Waals surface area contributed by atoms with Crippen molar-refractivity contribution in [1.29, 1.82) is 0 Å². The minimum Gasteiger partial charge on any atom is -0.389 e. The topological polar surface area (TPSA) is 94.3 Å². The summed E-state index contributed by atoms with van der Waals surface area (Å²) >= 11 is 0. The number of aliphatic hydroxyl groups is 1. The predicted molar refractivity (Wildman–Crippen MR) is 147 cm³/mol. The second-order valence-electron chi connectivity index (χ2n) is 8.93. The van der Waals surface area contributed by atoms with Crippen LogP contribution in [-0.4, -0.2) is 51.1 Å². The smallest absolute Gasteiger partial charge is 0.181 e. The summed E-state index contributed by atoms with van der Waals surface area (Å²) in [7, 11) is 1.54. The zero-order valence-electron chi connectivity index (χ0n) is 21.5. The molecular formula is C30H31N5O3. The van der Waals surface area contributed by atoms with Gasteiger partial charge in [0.05, 0.1) is 32.7 Å². The summed E-state index contributed by atoms with van der Waals surface area (Å²) in [5, 5.41) is 10.6. The molecule has 2 N–H and O–H groups in total. The number of imidazole rings is 1. The van der Waals surface area contributed by atoms with Gasteiger partial charge in [-0.05, 0) is 23.6 Å². The minimum atomic E-state index is -0.846. The molecule has 0 aliphatic heterocycles. The molecule has 38 heavy (non-hydrogen) atoms. The number of nitrogens with one attached hydrogen (secondary N) is 1. The molecule has 2 aromatic heterocycles. The summed E-state index contributed by atoms with van der Waals surface area (Å²) in [6.45, 7) is 2.93. The summed E-state index contributed by atoms with van der Waals surface area (Å²) in [6.07, 6.45) is 0.945. The van der Waals surface area contributed by atoms with Crippen molar-refractivity contribution < 1.29 is 14.7 Å². The molecule has 0 radical (unpaired) electrons. The van der Waals surface area contributed by atoms with Gasteiger partial charge in [0, 0.05) is 6.61 Å². The minimum absolute atomic E-state index is 0.222. The highest BCUT2D eigenvalue weighted by atomic mass is 16.6. The molecule has 0 bridgehead atoms. The van der Waals surface area contributed by atoms with Crippen molar-refractivity contribution in [1.82, 2.24) is 19.5 Å². The van der Waals surface area contributed by atoms with Gasteiger partial charge in [-0.25, -0.2) is 20.4 Å². The zero-order chi connectivity index (χ0) is 26.4. The van der Waals surface area contributed by atoms with E-state index in [9.17, 15) is 5.11 Å². The molecule has 3 aromatic carbocycles. The number of aliphatic hydroxyl groups excluding tert-OH is 1. The van der Waals surface area contributed by atoms with Gasteiger partial charge in [-0.15, -0.1) is 0 Å². The van der Waals surface area contributed by atoms with Crippen LogP contribution in [-0.2, 0) is 21.5 Å². The summed E-state index contributed by atoms with van der Waals surface area (Å²) in [5.74, 6) is 0.993. The van der Waals surface area contributed by atoms with Crippen LogP contribution < -0.4 is 5.48 Å². The van der Waals surface area contributed by atoms with Gasteiger partial charge in [-0.1, -0.05) is 91.0 Å². The molecule has 0 spiro atoms. The molecule has 0 saturated carbocycles. The molecule has 0 aliphatic rings. The van der Waals surface area contributed by atoms with E-state index in [1.165, 1.54) is 7.11 Å². The SMILES string of the molecule is CCOC[C@H](O)Cn1cnc2c(NOC)nc(C(c3ccccc3)(c3ccccc3)c3ccccc3)nc21. The van der Waals surface area contributed by atoms with Crippen LogP contribution in [0.5, 0.6) is 0 Å². The van der Waals surface area contributed by atoms with Crippen LogP contribution in [0.3, 0.4) is 0 Å². The van der Waals surface area contributed by atoms with Crippen LogP contribution in [0.4, 0.5) is 5.82 Å². The fourth-order valence-electron chi connectivity index (χ4n) is 4.90. The first-order valence-corrected chi connectivity index (χ1v) is 12.6. The van der Waals surface area contributed by atoms with Crippen molar-refractivity contribution in [3.63, 3.8) is 0 Å². The first-order valence-electron chi connectivity index (χ1n) is 12.6. The summed E-state index contributed by atoms with van der Waals surface area (Å²) in [5.41, 5.74) is 6.23. The maximum atomic E-state index is 10.6. The van der Waals surface area contributed by atoms with E-state index in [1.807, 2.05) is 66.1 Å². The van der Waals surface area contributed by atoms with Gasteiger partial charge >= 0.3 is 0 Å². The largest absolute Gasteiger partial charge is 0.389 e. The Morgan fingerprint density at radius 1 is 0.868 bits per heavy atom. The molecule has 0 aliphatic carbocycles. The van der Waals surface area contributed by atoms with Crippen LogP contribution in [0.2, 0.25) is 0 Å². The third-order valence-corrected chi connectivity index (χ3v) is 6.54. The number of ether oxygens (including phenoxy) is 1. The number of anilines is 1. The van der Waals surface area contributed by atoms with Gasteiger partial charge < -0.3 is 14.4 Å². The molecule has 0 fully saturated rings. The molecule has 8 heteroatoms. The van der Waals surface area contributed by atoms with Gasteiger partial charge in [0.15, 0.2) is 22.8 Å². The van der Waals surface area contributed by atoms with Gasteiger partial charge in [0.1, 0.15) is 5.41 Å². The molecule has 0 unspecified atom stereocenters. The Hall–Kier alpha value is -4.11. The Morgan fingerprint density at radius 3 is 1.92 bits per heavy atom. The van der Waals surface area contributed by atoms with Crippen molar-refractivity contribution in [2.24, 2.45) is 0 Å². The van der Waals surface area contributed by atoms with Crippen LogP contribution >= 0.6 is 0 Å². The number of hydrogen-bond acceptors (Lipinski definition) is 7. The fourth-order valence-corrected chi connectivity index (χ4v) is 4.90. The third kappa shape index (κ3) is 4.77. The maximum absolute atomic E-state index is 10.6. The maximum Gasteiger partial charge on any atom is 0.181 e. The van der Waals surface area contributed by atoms with Gasteiger partial charge in [0.2, 0.25) is 0 Å². The molecule has 194 valence electrons. The van der Waals surface area contributed by atoms with E-state index >= 15 is 0 Å². The van der Waals surface area contributed by atoms with Crippen LogP contribution in [0.1, 0.15) is 29.4 Å². The highest BCUT2D eigenvalue weighted by Crippen LogP contribution is 2.44. The lowest BCUT2D eigenvalue weighted by Crippen LogP contribution is -2.33. The number of nitrogens with zero attached hydrogens (tertiary/aromatic N) is 4. The number of fused-ring (bicyclic) bond motifs is 1. The second-order valence-corrected chi connectivity index (χ2v) is 8.93. The lowest BCUT2D eigenvalue weighted by molar-refractivity contribution is 0.0340. The Balaban J connectivity index is 1.82. The van der Waals surface area contributed by atoms with E-state index in [-0.39, 0.29) is 13.2 Å². The van der Waals surface area contributed by atoms with Crippen molar-refractivity contribution in [3.05, 3.63) is 120 Å². The van der Waals surface area contributed by atoms with Crippen LogP contribution in [0.15, 0.2) is 97.3 Å². The quantitative estimate of drug-likeness (QED) is 0.199. The molecule has 8 nitrogen and oxygen atoms in total. The van der Waals surface area contributed by atoms with Crippen molar-refractivity contribution in [2.45, 2.75) is 25.0 Å². The molecule has 0 saturated heterocycles. The van der Waals surface area contributed by atoms with Gasteiger partial charge in [-0.3, -0.25) is 4.84 Å². The summed E-state index contributed by atoms with van der Waals surface area (Å²) in [4.78, 5) is 20.0. The average Bonchev–Trinajstić information content (AvgIpc) is 3.37. The Kier molecular flexibility index (Phi) is 7.74. The van der Waals surface area contributed by atoms with Crippen LogP contribution in [0, 0.1) is 0 Å². The lowest BCUT2D eigenvalue weighted by atomic mass is 9.68. The van der Waals surface area contributed by atoms with Gasteiger partial charge in [-0.2, -0.15) is 0 Å². The van der Waals surface area contributed by atoms with E-state index in [0.717, 1.165) is 16.7 Å². The molecule has 2 heterocycles. The van der Waals surface area contributed by atoms with E-state index in [2.05, 4.69) is 46.9 Å². The highest BCUT2D eigenvalue weighted by Gasteiger charge is 2.42. The number of aromatic nitrogens is 4. The van der Waals surface area contributed by atoms with Crippen molar-refractivity contribution in [2.75, 3.05) is 25.8 Å². The van der Waals surface area contributed by atoms with E-state index in [0.29, 0.717) is 29.4 Å². The molecule has 0 amide bonds.